The molecular weight excluding hydrogens is 208 g/mol. The fraction of sp³-hybridized carbons (Fsp3) is 0.182. The minimum atomic E-state index is 0.573. The number of nitrogen functional groups attached to an aromatic ring is 1. The van der Waals surface area contributed by atoms with Gasteiger partial charge in [0.1, 0.15) is 16.6 Å². The smallest absolute Gasteiger partial charge is 0.135 e. The quantitative estimate of drug-likeness (QED) is 0.865. The zero-order valence-corrected chi connectivity index (χ0v) is 9.25. The van der Waals surface area contributed by atoms with Gasteiger partial charge in [-0.1, -0.05) is 0 Å². The molecule has 0 amide bonds. The molecule has 0 aliphatic heterocycles. The van der Waals surface area contributed by atoms with E-state index >= 15 is 0 Å². The molecule has 0 saturated carbocycles. The number of hydrogen-bond acceptors (Lipinski definition) is 4. The van der Waals surface area contributed by atoms with E-state index in [0.29, 0.717) is 12.4 Å². The number of benzene rings is 1. The van der Waals surface area contributed by atoms with Crippen LogP contribution in [0, 0.1) is 0 Å². The summed E-state index contributed by atoms with van der Waals surface area (Å²) >= 11 is 1.54. The third kappa shape index (κ3) is 2.27. The van der Waals surface area contributed by atoms with E-state index in [-0.39, 0.29) is 0 Å². The van der Waals surface area contributed by atoms with Crippen molar-refractivity contribution < 1.29 is 4.74 Å². The second-order valence-electron chi connectivity index (χ2n) is 3.03. The fourth-order valence-corrected chi connectivity index (χ4v) is 1.99. The Balaban J connectivity index is 2.23. The number of ether oxygens (including phenoxy) is 1. The second-order valence-corrected chi connectivity index (χ2v) is 3.89. The molecule has 0 aliphatic rings. The average molecular weight is 220 g/mol. The normalized spacial score (nSPS) is 10.2. The highest BCUT2D eigenvalue weighted by molar-refractivity contribution is 7.13. The van der Waals surface area contributed by atoms with E-state index in [1.54, 1.807) is 11.3 Å². The fourth-order valence-electron chi connectivity index (χ4n) is 1.28. The van der Waals surface area contributed by atoms with E-state index in [9.17, 15) is 0 Å². The van der Waals surface area contributed by atoms with Gasteiger partial charge in [-0.25, -0.2) is 4.98 Å². The lowest BCUT2D eigenvalue weighted by Gasteiger charge is -2.02. The van der Waals surface area contributed by atoms with Crippen molar-refractivity contribution in [2.45, 2.75) is 6.92 Å². The zero-order chi connectivity index (χ0) is 10.7. The summed E-state index contributed by atoms with van der Waals surface area (Å²) in [5.41, 5.74) is 6.64. The Labute approximate surface area is 92.5 Å². The first-order valence-electron chi connectivity index (χ1n) is 4.74. The molecule has 3 nitrogen and oxygen atoms in total. The second kappa shape index (κ2) is 4.31. The van der Waals surface area contributed by atoms with Gasteiger partial charge in [-0.3, -0.25) is 0 Å². The summed E-state index contributed by atoms with van der Waals surface area (Å²) in [7, 11) is 0. The Morgan fingerprint density at radius 3 is 2.60 bits per heavy atom. The topological polar surface area (TPSA) is 48.1 Å². The zero-order valence-electron chi connectivity index (χ0n) is 8.43. The van der Waals surface area contributed by atoms with Gasteiger partial charge in [0, 0.05) is 10.9 Å². The molecule has 0 unspecified atom stereocenters. The van der Waals surface area contributed by atoms with Crippen molar-refractivity contribution in [2.75, 3.05) is 12.3 Å². The lowest BCUT2D eigenvalue weighted by atomic mass is 10.2. The number of hydrogen-bond donors (Lipinski definition) is 1. The lowest BCUT2D eigenvalue weighted by Crippen LogP contribution is -1.90. The van der Waals surface area contributed by atoms with Crippen molar-refractivity contribution in [1.82, 2.24) is 4.98 Å². The molecule has 78 valence electrons. The summed E-state index contributed by atoms with van der Waals surface area (Å²) in [6.45, 7) is 2.65. The highest BCUT2D eigenvalue weighted by Crippen LogP contribution is 2.26. The molecule has 0 saturated heterocycles. The van der Waals surface area contributed by atoms with Crippen LogP contribution in [0.4, 0.5) is 5.82 Å². The van der Waals surface area contributed by atoms with Crippen LogP contribution in [0.1, 0.15) is 6.92 Å². The summed E-state index contributed by atoms with van der Waals surface area (Å²) < 4.78 is 5.36. The molecule has 0 fully saturated rings. The Kier molecular flexibility index (Phi) is 2.87. The third-order valence-electron chi connectivity index (χ3n) is 1.93. The Morgan fingerprint density at radius 2 is 2.07 bits per heavy atom. The van der Waals surface area contributed by atoms with Gasteiger partial charge in [0.25, 0.3) is 0 Å². The van der Waals surface area contributed by atoms with Crippen LogP contribution in [0.3, 0.4) is 0 Å². The van der Waals surface area contributed by atoms with Crippen molar-refractivity contribution in [1.29, 1.82) is 0 Å². The molecule has 0 atom stereocenters. The molecule has 1 aromatic heterocycles. The molecule has 1 heterocycles. The number of aromatic nitrogens is 1. The van der Waals surface area contributed by atoms with Crippen LogP contribution < -0.4 is 10.5 Å². The van der Waals surface area contributed by atoms with Crippen molar-refractivity contribution in [3.05, 3.63) is 29.6 Å². The largest absolute Gasteiger partial charge is 0.494 e. The average Bonchev–Trinajstić information content (AvgIpc) is 2.67. The van der Waals surface area contributed by atoms with Gasteiger partial charge in [0.2, 0.25) is 0 Å². The molecule has 4 heteroatoms. The van der Waals surface area contributed by atoms with E-state index in [0.717, 1.165) is 16.3 Å². The van der Waals surface area contributed by atoms with Crippen LogP contribution in [-0.4, -0.2) is 11.6 Å². The number of anilines is 1. The Bertz CT molecular complexity index is 436. The van der Waals surface area contributed by atoms with Gasteiger partial charge in [0.05, 0.1) is 6.61 Å². The lowest BCUT2D eigenvalue weighted by molar-refractivity contribution is 0.340. The van der Waals surface area contributed by atoms with Crippen LogP contribution in [0.2, 0.25) is 0 Å². The van der Waals surface area contributed by atoms with Crippen molar-refractivity contribution in [3.8, 4) is 16.3 Å². The van der Waals surface area contributed by atoms with Crippen LogP contribution in [-0.2, 0) is 0 Å². The molecule has 2 N–H and O–H groups in total. The summed E-state index contributed by atoms with van der Waals surface area (Å²) in [6.07, 6.45) is 0. The van der Waals surface area contributed by atoms with Gasteiger partial charge in [-0.2, -0.15) is 0 Å². The van der Waals surface area contributed by atoms with Gasteiger partial charge >= 0.3 is 0 Å². The van der Waals surface area contributed by atoms with E-state index in [2.05, 4.69) is 4.98 Å². The third-order valence-corrected chi connectivity index (χ3v) is 2.84. The molecule has 2 aromatic rings. The standard InChI is InChI=1S/C11H12N2OS/c1-2-14-9-5-3-8(4-6-9)11-13-10(12)7-15-11/h3-7H,2,12H2,1H3. The minimum absolute atomic E-state index is 0.573. The number of nitrogens with two attached hydrogens (primary N) is 1. The van der Waals surface area contributed by atoms with Gasteiger partial charge in [0.15, 0.2) is 0 Å². The van der Waals surface area contributed by atoms with E-state index < -0.39 is 0 Å². The molecule has 0 aliphatic carbocycles. The van der Waals surface area contributed by atoms with Crippen molar-refractivity contribution in [3.63, 3.8) is 0 Å². The van der Waals surface area contributed by atoms with E-state index in [1.165, 1.54) is 0 Å². The summed E-state index contributed by atoms with van der Waals surface area (Å²) in [4.78, 5) is 4.21. The number of rotatable bonds is 3. The van der Waals surface area contributed by atoms with Crippen LogP contribution in [0.5, 0.6) is 5.75 Å². The van der Waals surface area contributed by atoms with Gasteiger partial charge in [-0.15, -0.1) is 11.3 Å². The molecule has 0 bridgehead atoms. The molecule has 0 radical (unpaired) electrons. The van der Waals surface area contributed by atoms with Crippen molar-refractivity contribution in [2.24, 2.45) is 0 Å². The molecule has 2 rings (SSSR count). The predicted octanol–water partition coefficient (Wildman–Crippen LogP) is 2.79. The Morgan fingerprint density at radius 1 is 1.33 bits per heavy atom. The van der Waals surface area contributed by atoms with Gasteiger partial charge < -0.3 is 10.5 Å². The first kappa shape index (κ1) is 9.98. The summed E-state index contributed by atoms with van der Waals surface area (Å²) in [5, 5.41) is 2.78. The van der Waals surface area contributed by atoms with Crippen LogP contribution >= 0.6 is 11.3 Å². The maximum absolute atomic E-state index is 5.57. The molecule has 0 spiro atoms. The van der Waals surface area contributed by atoms with Crippen LogP contribution in [0.25, 0.3) is 10.6 Å². The minimum Gasteiger partial charge on any atom is -0.494 e. The van der Waals surface area contributed by atoms with Crippen LogP contribution in [0.15, 0.2) is 29.6 Å². The maximum Gasteiger partial charge on any atom is 0.135 e. The Hall–Kier alpha value is -1.55. The highest BCUT2D eigenvalue weighted by Gasteiger charge is 2.02. The number of nitrogens with zero attached hydrogens (tertiary/aromatic N) is 1. The van der Waals surface area contributed by atoms with Gasteiger partial charge in [-0.05, 0) is 31.2 Å². The highest BCUT2D eigenvalue weighted by atomic mass is 32.1. The maximum atomic E-state index is 5.57. The number of thiazole rings is 1. The van der Waals surface area contributed by atoms with E-state index in [1.807, 2.05) is 36.6 Å². The van der Waals surface area contributed by atoms with Crippen molar-refractivity contribution >= 4 is 17.2 Å². The molecule has 15 heavy (non-hydrogen) atoms. The first-order valence-corrected chi connectivity index (χ1v) is 5.62. The first-order chi connectivity index (χ1) is 7.29. The summed E-state index contributed by atoms with van der Waals surface area (Å²) in [6, 6.07) is 7.86. The van der Waals surface area contributed by atoms with E-state index in [4.69, 9.17) is 10.5 Å². The summed E-state index contributed by atoms with van der Waals surface area (Å²) in [5.74, 6) is 1.45. The monoisotopic (exact) mass is 220 g/mol. The molecular formula is C11H12N2OS. The SMILES string of the molecule is CCOc1ccc(-c2nc(N)cs2)cc1. The predicted molar refractivity (Wildman–Crippen MR) is 63.1 cm³/mol. The molecule has 1 aromatic carbocycles.